The van der Waals surface area contributed by atoms with Crippen LogP contribution < -0.4 is 5.32 Å². The number of aliphatic hydroxyl groups excluding tert-OH is 1. The Labute approximate surface area is 117 Å². The van der Waals surface area contributed by atoms with Crippen molar-refractivity contribution in [2.24, 2.45) is 5.92 Å². The summed E-state index contributed by atoms with van der Waals surface area (Å²) in [4.78, 5) is 12.0. The molecule has 2 unspecified atom stereocenters. The van der Waals surface area contributed by atoms with Gasteiger partial charge in [-0.25, -0.2) is 0 Å². The van der Waals surface area contributed by atoms with Gasteiger partial charge in [0, 0.05) is 12.5 Å². The summed E-state index contributed by atoms with van der Waals surface area (Å²) in [7, 11) is 0. The summed E-state index contributed by atoms with van der Waals surface area (Å²) in [5.74, 6) is -0.209. The summed E-state index contributed by atoms with van der Waals surface area (Å²) in [5.41, 5.74) is 0.256. The topological polar surface area (TPSA) is 69.6 Å². The highest BCUT2D eigenvalue weighted by Gasteiger charge is 2.23. The molecule has 1 fully saturated rings. The lowest BCUT2D eigenvalue weighted by Crippen LogP contribution is -2.36. The number of amides is 1. The first-order chi connectivity index (χ1) is 9.08. The second kappa shape index (κ2) is 6.26. The lowest BCUT2D eigenvalue weighted by atomic mass is 9.86. The molecule has 1 saturated carbocycles. The number of nitrogens with one attached hydrogen (secondary N) is 1. The van der Waals surface area contributed by atoms with Crippen LogP contribution >= 0.6 is 11.6 Å². The van der Waals surface area contributed by atoms with Gasteiger partial charge in [0.15, 0.2) is 0 Å². The van der Waals surface area contributed by atoms with Crippen molar-refractivity contribution >= 4 is 17.5 Å². The molecule has 0 radical (unpaired) electrons. The number of aromatic hydroxyl groups is 1. The Balaban J connectivity index is 1.95. The molecule has 19 heavy (non-hydrogen) atoms. The number of rotatable bonds is 3. The van der Waals surface area contributed by atoms with E-state index < -0.39 is 0 Å². The Morgan fingerprint density at radius 1 is 1.37 bits per heavy atom. The zero-order chi connectivity index (χ0) is 13.8. The van der Waals surface area contributed by atoms with Crippen molar-refractivity contribution in [1.29, 1.82) is 0 Å². The molecular weight excluding hydrogens is 266 g/mol. The fourth-order valence-electron chi connectivity index (χ4n) is 2.43. The zero-order valence-electron chi connectivity index (χ0n) is 10.6. The second-order valence-corrected chi connectivity index (χ2v) is 5.39. The third-order valence-electron chi connectivity index (χ3n) is 3.59. The van der Waals surface area contributed by atoms with Gasteiger partial charge in [-0.05, 0) is 31.0 Å². The first-order valence-corrected chi connectivity index (χ1v) is 6.90. The molecule has 0 bridgehead atoms. The molecular formula is C14H18ClNO3. The molecule has 1 amide bonds. The fourth-order valence-corrected chi connectivity index (χ4v) is 2.64. The van der Waals surface area contributed by atoms with Crippen LogP contribution in [0.3, 0.4) is 0 Å². The number of carbonyl (C=O) groups excluding carboxylic acids is 1. The molecule has 4 nitrogen and oxygen atoms in total. The van der Waals surface area contributed by atoms with E-state index in [9.17, 15) is 15.0 Å². The molecule has 2 atom stereocenters. The van der Waals surface area contributed by atoms with Crippen LogP contribution in [0, 0.1) is 5.92 Å². The van der Waals surface area contributed by atoms with Gasteiger partial charge >= 0.3 is 0 Å². The first-order valence-electron chi connectivity index (χ1n) is 6.52. The van der Waals surface area contributed by atoms with Gasteiger partial charge in [-0.15, -0.1) is 0 Å². The van der Waals surface area contributed by atoms with Gasteiger partial charge in [-0.1, -0.05) is 24.4 Å². The van der Waals surface area contributed by atoms with Crippen LogP contribution in [0.25, 0.3) is 0 Å². The van der Waals surface area contributed by atoms with E-state index in [1.54, 1.807) is 0 Å². The number of aliphatic hydroxyl groups is 1. The third-order valence-corrected chi connectivity index (χ3v) is 3.92. The number of benzene rings is 1. The summed E-state index contributed by atoms with van der Waals surface area (Å²) in [6.45, 7) is 0.436. The predicted octanol–water partition coefficient (Wildman–Crippen LogP) is 2.33. The van der Waals surface area contributed by atoms with E-state index in [0.29, 0.717) is 11.6 Å². The van der Waals surface area contributed by atoms with E-state index in [0.717, 1.165) is 25.7 Å². The van der Waals surface area contributed by atoms with Crippen molar-refractivity contribution in [1.82, 2.24) is 5.32 Å². The van der Waals surface area contributed by atoms with E-state index in [1.165, 1.54) is 18.2 Å². The SMILES string of the molecule is O=C(NCC1CCCCC1O)c1cc(O)ccc1Cl. The molecule has 2 rings (SSSR count). The largest absolute Gasteiger partial charge is 0.508 e. The van der Waals surface area contributed by atoms with Crippen molar-refractivity contribution in [3.05, 3.63) is 28.8 Å². The van der Waals surface area contributed by atoms with Gasteiger partial charge in [0.1, 0.15) is 5.75 Å². The van der Waals surface area contributed by atoms with Gasteiger partial charge in [0.05, 0.1) is 16.7 Å². The highest BCUT2D eigenvalue weighted by molar-refractivity contribution is 6.33. The Morgan fingerprint density at radius 3 is 2.84 bits per heavy atom. The number of phenolic OH excluding ortho intramolecular Hbond substituents is 1. The molecule has 1 aliphatic rings. The molecule has 1 aliphatic carbocycles. The quantitative estimate of drug-likeness (QED) is 0.797. The summed E-state index contributed by atoms with van der Waals surface area (Å²) in [6, 6.07) is 4.26. The van der Waals surface area contributed by atoms with Crippen LogP contribution in [0.5, 0.6) is 5.75 Å². The second-order valence-electron chi connectivity index (χ2n) is 4.99. The van der Waals surface area contributed by atoms with E-state index in [4.69, 9.17) is 11.6 Å². The van der Waals surface area contributed by atoms with Crippen LogP contribution in [-0.4, -0.2) is 28.8 Å². The van der Waals surface area contributed by atoms with Crippen molar-refractivity contribution in [3.8, 4) is 5.75 Å². The Bertz CT molecular complexity index is 464. The van der Waals surface area contributed by atoms with Crippen LogP contribution in [0.2, 0.25) is 5.02 Å². The highest BCUT2D eigenvalue weighted by Crippen LogP contribution is 2.24. The van der Waals surface area contributed by atoms with Crippen LogP contribution in [0.1, 0.15) is 36.0 Å². The molecule has 1 aromatic rings. The first kappa shape index (κ1) is 14.2. The molecule has 0 spiro atoms. The zero-order valence-corrected chi connectivity index (χ0v) is 11.4. The van der Waals surface area contributed by atoms with E-state index in [2.05, 4.69) is 5.32 Å². The standard InChI is InChI=1S/C14H18ClNO3/c15-12-6-5-10(17)7-11(12)14(19)16-8-9-3-1-2-4-13(9)18/h5-7,9,13,17-18H,1-4,8H2,(H,16,19). The van der Waals surface area contributed by atoms with E-state index in [-0.39, 0.29) is 29.2 Å². The minimum absolute atomic E-state index is 0.00671. The smallest absolute Gasteiger partial charge is 0.252 e. The lowest BCUT2D eigenvalue weighted by molar-refractivity contribution is 0.0663. The number of phenols is 1. The van der Waals surface area contributed by atoms with Crippen molar-refractivity contribution in [2.75, 3.05) is 6.54 Å². The van der Waals surface area contributed by atoms with E-state index in [1.807, 2.05) is 0 Å². The Morgan fingerprint density at radius 2 is 2.11 bits per heavy atom. The third kappa shape index (κ3) is 3.61. The van der Waals surface area contributed by atoms with Gasteiger partial charge in [0.2, 0.25) is 0 Å². The molecule has 0 saturated heterocycles. The Kier molecular flexibility index (Phi) is 4.66. The molecule has 1 aromatic carbocycles. The normalized spacial score (nSPS) is 23.1. The van der Waals surface area contributed by atoms with Crippen LogP contribution in [0.4, 0.5) is 0 Å². The van der Waals surface area contributed by atoms with Gasteiger partial charge in [0.25, 0.3) is 5.91 Å². The molecule has 0 aromatic heterocycles. The highest BCUT2D eigenvalue weighted by atomic mass is 35.5. The molecule has 5 heteroatoms. The lowest BCUT2D eigenvalue weighted by Gasteiger charge is -2.27. The maximum Gasteiger partial charge on any atom is 0.252 e. The van der Waals surface area contributed by atoms with E-state index >= 15 is 0 Å². The van der Waals surface area contributed by atoms with Crippen molar-refractivity contribution < 1.29 is 15.0 Å². The maximum atomic E-state index is 12.0. The minimum atomic E-state index is -0.339. The average molecular weight is 284 g/mol. The monoisotopic (exact) mass is 283 g/mol. The van der Waals surface area contributed by atoms with Crippen LogP contribution in [0.15, 0.2) is 18.2 Å². The summed E-state index contributed by atoms with van der Waals surface area (Å²) in [6.07, 6.45) is 3.52. The molecule has 0 heterocycles. The van der Waals surface area contributed by atoms with Gasteiger partial charge in [-0.2, -0.15) is 0 Å². The van der Waals surface area contributed by atoms with Crippen LogP contribution in [-0.2, 0) is 0 Å². The number of hydrogen-bond donors (Lipinski definition) is 3. The number of halogens is 1. The summed E-state index contributed by atoms with van der Waals surface area (Å²) < 4.78 is 0. The summed E-state index contributed by atoms with van der Waals surface area (Å²) >= 11 is 5.92. The Hall–Kier alpha value is -1.26. The average Bonchev–Trinajstić information content (AvgIpc) is 2.40. The molecule has 104 valence electrons. The van der Waals surface area contributed by atoms with Gasteiger partial charge < -0.3 is 15.5 Å². The number of hydrogen-bond acceptors (Lipinski definition) is 3. The van der Waals surface area contributed by atoms with Crippen molar-refractivity contribution in [2.45, 2.75) is 31.8 Å². The molecule has 3 N–H and O–H groups in total. The molecule has 0 aliphatic heterocycles. The van der Waals surface area contributed by atoms with Gasteiger partial charge in [-0.3, -0.25) is 4.79 Å². The maximum absolute atomic E-state index is 12.0. The number of carbonyl (C=O) groups is 1. The van der Waals surface area contributed by atoms with Crippen molar-refractivity contribution in [3.63, 3.8) is 0 Å². The summed E-state index contributed by atoms with van der Waals surface area (Å²) in [5, 5.41) is 22.3. The fraction of sp³-hybridized carbons (Fsp3) is 0.500. The predicted molar refractivity (Wildman–Crippen MR) is 73.4 cm³/mol. The minimum Gasteiger partial charge on any atom is -0.508 e.